The maximum atomic E-state index is 13.5. The van der Waals surface area contributed by atoms with Crippen LogP contribution in [0.4, 0.5) is 5.69 Å². The first-order valence-corrected chi connectivity index (χ1v) is 10.5. The van der Waals surface area contributed by atoms with Crippen LogP contribution in [0.3, 0.4) is 0 Å². The van der Waals surface area contributed by atoms with Crippen LogP contribution in [0, 0.1) is 6.92 Å². The van der Waals surface area contributed by atoms with Gasteiger partial charge < -0.3 is 9.47 Å². The third kappa shape index (κ3) is 3.99. The Balaban J connectivity index is 2.18. The van der Waals surface area contributed by atoms with E-state index in [4.69, 9.17) is 9.47 Å². The van der Waals surface area contributed by atoms with E-state index in [-0.39, 0.29) is 16.1 Å². The summed E-state index contributed by atoms with van der Waals surface area (Å²) >= 11 is 0. The number of carbonyl (C=O) groups is 2. The fourth-order valence-corrected chi connectivity index (χ4v) is 4.66. The maximum absolute atomic E-state index is 13.5. The van der Waals surface area contributed by atoms with Crippen LogP contribution in [0.2, 0.25) is 0 Å². The van der Waals surface area contributed by atoms with Gasteiger partial charge in [0.2, 0.25) is 0 Å². The number of anilines is 1. The lowest BCUT2D eigenvalue weighted by molar-refractivity contribution is -0.138. The van der Waals surface area contributed by atoms with Gasteiger partial charge in [-0.2, -0.15) is 0 Å². The Labute approximate surface area is 174 Å². The van der Waals surface area contributed by atoms with Crippen LogP contribution in [0.5, 0.6) is 0 Å². The van der Waals surface area contributed by atoms with Crippen LogP contribution in [0.15, 0.2) is 65.6 Å². The van der Waals surface area contributed by atoms with Crippen molar-refractivity contribution in [1.29, 1.82) is 0 Å². The van der Waals surface area contributed by atoms with Crippen molar-refractivity contribution in [2.45, 2.75) is 11.8 Å². The molecule has 0 aliphatic carbocycles. The van der Waals surface area contributed by atoms with Crippen LogP contribution in [0.1, 0.15) is 15.9 Å². The molecule has 3 aromatic carbocycles. The molecule has 0 saturated heterocycles. The summed E-state index contributed by atoms with van der Waals surface area (Å²) in [6.45, 7) is 1.05. The molecule has 0 aromatic heterocycles. The van der Waals surface area contributed by atoms with E-state index in [0.717, 1.165) is 15.1 Å². The standard InChI is InChI=1S/C22H21NO6S/c1-15-19(22(25)29-3)9-6-10-20(15)23(14-21(24)28-2)30(26,27)18-12-11-16-7-4-5-8-17(16)13-18/h4-13H,14H2,1-3H3. The first-order valence-electron chi connectivity index (χ1n) is 9.06. The predicted octanol–water partition coefficient (Wildman–Crippen LogP) is 3.30. The van der Waals surface area contributed by atoms with Crippen molar-refractivity contribution in [1.82, 2.24) is 0 Å². The summed E-state index contributed by atoms with van der Waals surface area (Å²) < 4.78 is 37.5. The summed E-state index contributed by atoms with van der Waals surface area (Å²) in [5.41, 5.74) is 0.771. The molecule has 0 saturated carbocycles. The van der Waals surface area contributed by atoms with Gasteiger partial charge >= 0.3 is 11.9 Å². The number of rotatable bonds is 6. The number of ether oxygens (including phenoxy) is 2. The summed E-state index contributed by atoms with van der Waals surface area (Å²) in [5, 5.41) is 1.64. The normalized spacial score (nSPS) is 11.2. The number of hydrogen-bond donors (Lipinski definition) is 0. The van der Waals surface area contributed by atoms with Crippen LogP contribution < -0.4 is 4.31 Å². The Kier molecular flexibility index (Phi) is 6.07. The monoisotopic (exact) mass is 427 g/mol. The van der Waals surface area contributed by atoms with Gasteiger partial charge in [0, 0.05) is 0 Å². The molecule has 0 spiro atoms. The van der Waals surface area contributed by atoms with Crippen molar-refractivity contribution >= 4 is 38.4 Å². The molecule has 0 fully saturated rings. The largest absolute Gasteiger partial charge is 0.468 e. The molecule has 0 N–H and O–H groups in total. The summed E-state index contributed by atoms with van der Waals surface area (Å²) in [4.78, 5) is 24.1. The molecule has 0 unspecified atom stereocenters. The Morgan fingerprint density at radius 3 is 2.27 bits per heavy atom. The summed E-state index contributed by atoms with van der Waals surface area (Å²) in [6, 6.07) is 16.7. The Bertz CT molecular complexity index is 1220. The van der Waals surface area contributed by atoms with E-state index in [9.17, 15) is 18.0 Å². The molecule has 0 bridgehead atoms. The van der Waals surface area contributed by atoms with Crippen LogP contribution in [-0.2, 0) is 24.3 Å². The van der Waals surface area contributed by atoms with Gasteiger partial charge in [-0.25, -0.2) is 13.2 Å². The minimum Gasteiger partial charge on any atom is -0.468 e. The van der Waals surface area contributed by atoms with Gasteiger partial charge in [0.15, 0.2) is 0 Å². The lowest BCUT2D eigenvalue weighted by Crippen LogP contribution is -2.37. The molecule has 0 amide bonds. The zero-order valence-electron chi connectivity index (χ0n) is 16.8. The number of carbonyl (C=O) groups excluding carboxylic acids is 2. The zero-order chi connectivity index (χ0) is 21.9. The van der Waals surface area contributed by atoms with Gasteiger partial charge in [-0.1, -0.05) is 36.4 Å². The van der Waals surface area contributed by atoms with Crippen LogP contribution in [-0.4, -0.2) is 41.1 Å². The van der Waals surface area contributed by atoms with E-state index in [2.05, 4.69) is 0 Å². The number of hydrogen-bond acceptors (Lipinski definition) is 6. The topological polar surface area (TPSA) is 90.0 Å². The molecule has 3 aromatic rings. The number of benzene rings is 3. The minimum atomic E-state index is -4.14. The summed E-state index contributed by atoms with van der Waals surface area (Å²) in [7, 11) is -1.72. The van der Waals surface area contributed by atoms with Crippen molar-refractivity contribution < 1.29 is 27.5 Å². The predicted molar refractivity (Wildman–Crippen MR) is 113 cm³/mol. The number of esters is 2. The highest BCUT2D eigenvalue weighted by Gasteiger charge is 2.30. The van der Waals surface area contributed by atoms with Gasteiger partial charge in [-0.05, 0) is 47.5 Å². The number of methoxy groups -OCH3 is 2. The average molecular weight is 427 g/mol. The maximum Gasteiger partial charge on any atom is 0.338 e. The molecule has 8 heteroatoms. The molecular weight excluding hydrogens is 406 g/mol. The molecule has 7 nitrogen and oxygen atoms in total. The first kappa shape index (κ1) is 21.3. The second-order valence-corrected chi connectivity index (χ2v) is 8.40. The van der Waals surface area contributed by atoms with E-state index in [1.807, 2.05) is 24.3 Å². The Hall–Kier alpha value is -3.39. The van der Waals surface area contributed by atoms with E-state index < -0.39 is 28.5 Å². The van der Waals surface area contributed by atoms with Gasteiger partial charge in [0.05, 0.1) is 30.4 Å². The van der Waals surface area contributed by atoms with E-state index in [1.54, 1.807) is 19.1 Å². The van der Waals surface area contributed by atoms with E-state index in [1.165, 1.54) is 38.5 Å². The number of nitrogens with zero attached hydrogens (tertiary/aromatic N) is 1. The third-order valence-electron chi connectivity index (χ3n) is 4.79. The van der Waals surface area contributed by atoms with Crippen LogP contribution >= 0.6 is 0 Å². The van der Waals surface area contributed by atoms with Gasteiger partial charge in [-0.15, -0.1) is 0 Å². The number of sulfonamides is 1. The SMILES string of the molecule is COC(=O)CN(c1cccc(C(=O)OC)c1C)S(=O)(=O)c1ccc2ccccc2c1. The van der Waals surface area contributed by atoms with Crippen molar-refractivity contribution in [3.05, 3.63) is 71.8 Å². The third-order valence-corrected chi connectivity index (χ3v) is 6.54. The Morgan fingerprint density at radius 1 is 0.900 bits per heavy atom. The quantitative estimate of drug-likeness (QED) is 0.561. The zero-order valence-corrected chi connectivity index (χ0v) is 17.6. The molecular formula is C22H21NO6S. The highest BCUT2D eigenvalue weighted by Crippen LogP contribution is 2.30. The molecule has 156 valence electrons. The molecule has 0 radical (unpaired) electrons. The van der Waals surface area contributed by atoms with Gasteiger partial charge in [-0.3, -0.25) is 9.10 Å². The van der Waals surface area contributed by atoms with Crippen molar-refractivity contribution in [3.8, 4) is 0 Å². The van der Waals surface area contributed by atoms with Gasteiger partial charge in [0.1, 0.15) is 6.54 Å². The molecule has 3 rings (SSSR count). The Morgan fingerprint density at radius 2 is 1.60 bits per heavy atom. The lowest BCUT2D eigenvalue weighted by Gasteiger charge is -2.26. The minimum absolute atomic E-state index is 0.0213. The molecule has 0 heterocycles. The fraction of sp³-hybridized carbons (Fsp3) is 0.182. The van der Waals surface area contributed by atoms with Crippen molar-refractivity contribution in [2.75, 3.05) is 25.1 Å². The van der Waals surface area contributed by atoms with Gasteiger partial charge in [0.25, 0.3) is 10.0 Å². The fourth-order valence-electron chi connectivity index (χ4n) is 3.16. The van der Waals surface area contributed by atoms with Crippen molar-refractivity contribution in [3.63, 3.8) is 0 Å². The average Bonchev–Trinajstić information content (AvgIpc) is 2.76. The molecule has 30 heavy (non-hydrogen) atoms. The smallest absolute Gasteiger partial charge is 0.338 e. The second-order valence-electron chi connectivity index (χ2n) is 6.54. The molecule has 0 atom stereocenters. The highest BCUT2D eigenvalue weighted by atomic mass is 32.2. The van der Waals surface area contributed by atoms with E-state index >= 15 is 0 Å². The lowest BCUT2D eigenvalue weighted by atomic mass is 10.1. The highest BCUT2D eigenvalue weighted by molar-refractivity contribution is 7.92. The van der Waals surface area contributed by atoms with Crippen molar-refractivity contribution in [2.24, 2.45) is 0 Å². The molecule has 0 aliphatic rings. The van der Waals surface area contributed by atoms with E-state index in [0.29, 0.717) is 5.56 Å². The van der Waals surface area contributed by atoms with Crippen LogP contribution in [0.25, 0.3) is 10.8 Å². The summed E-state index contributed by atoms with van der Waals surface area (Å²) in [5.74, 6) is -1.34. The number of fused-ring (bicyclic) bond motifs is 1. The summed E-state index contributed by atoms with van der Waals surface area (Å²) in [6.07, 6.45) is 0. The second kappa shape index (κ2) is 8.54. The first-order chi connectivity index (χ1) is 14.3. The molecule has 0 aliphatic heterocycles.